The fourth-order valence-electron chi connectivity index (χ4n) is 1.63. The number of anilines is 1. The van der Waals surface area contributed by atoms with E-state index in [1.165, 1.54) is 0 Å². The highest BCUT2D eigenvalue weighted by atomic mass is 19.1. The van der Waals surface area contributed by atoms with Crippen LogP contribution in [0.3, 0.4) is 0 Å². The van der Waals surface area contributed by atoms with Crippen molar-refractivity contribution in [1.29, 1.82) is 0 Å². The molecule has 1 aromatic carbocycles. The normalized spacial score (nSPS) is 10.4. The first-order chi connectivity index (χ1) is 9.40. The summed E-state index contributed by atoms with van der Waals surface area (Å²) in [4.78, 5) is 22.3. The van der Waals surface area contributed by atoms with Crippen LogP contribution in [0.15, 0.2) is 18.2 Å². The molecular formula is C14H19FN2O3. The van der Waals surface area contributed by atoms with Gasteiger partial charge in [-0.15, -0.1) is 0 Å². The summed E-state index contributed by atoms with van der Waals surface area (Å²) in [5.41, 5.74) is -0.229. The lowest BCUT2D eigenvalue weighted by molar-refractivity contribution is 0.0697. The topological polar surface area (TPSA) is 78.4 Å². The predicted octanol–water partition coefficient (Wildman–Crippen LogP) is 3.08. The van der Waals surface area contributed by atoms with Crippen molar-refractivity contribution in [2.24, 2.45) is 5.92 Å². The van der Waals surface area contributed by atoms with Crippen molar-refractivity contribution in [3.05, 3.63) is 29.6 Å². The number of carboxylic acid groups (broad SMARTS) is 1. The molecule has 1 aromatic rings. The Hall–Kier alpha value is -2.11. The molecule has 0 heterocycles. The third kappa shape index (κ3) is 5.26. The number of urea groups is 1. The van der Waals surface area contributed by atoms with E-state index in [0.717, 1.165) is 31.0 Å². The number of carbonyl (C=O) groups excluding carboxylic acids is 1. The number of nitrogens with one attached hydrogen (secondary N) is 2. The highest BCUT2D eigenvalue weighted by molar-refractivity contribution is 5.93. The van der Waals surface area contributed by atoms with Crippen LogP contribution in [0, 0.1) is 11.7 Å². The summed E-state index contributed by atoms with van der Waals surface area (Å²) in [7, 11) is 0. The maximum atomic E-state index is 13.5. The molecule has 2 amide bonds. The monoisotopic (exact) mass is 282 g/mol. The summed E-state index contributed by atoms with van der Waals surface area (Å²) in [6.45, 7) is 4.67. The Morgan fingerprint density at radius 3 is 2.65 bits per heavy atom. The van der Waals surface area contributed by atoms with Crippen molar-refractivity contribution >= 4 is 17.7 Å². The van der Waals surface area contributed by atoms with Crippen LogP contribution in [0.5, 0.6) is 0 Å². The number of aromatic carboxylic acids is 1. The van der Waals surface area contributed by atoms with Gasteiger partial charge in [-0.3, -0.25) is 0 Å². The van der Waals surface area contributed by atoms with Crippen LogP contribution in [-0.4, -0.2) is 23.7 Å². The van der Waals surface area contributed by atoms with E-state index in [9.17, 15) is 14.0 Å². The van der Waals surface area contributed by atoms with Gasteiger partial charge >= 0.3 is 12.0 Å². The highest BCUT2D eigenvalue weighted by Crippen LogP contribution is 2.16. The number of carbonyl (C=O) groups is 2. The zero-order chi connectivity index (χ0) is 15.1. The van der Waals surface area contributed by atoms with Crippen LogP contribution in [0.4, 0.5) is 14.9 Å². The lowest BCUT2D eigenvalue weighted by atomic mass is 10.1. The third-order valence-corrected chi connectivity index (χ3v) is 2.71. The maximum Gasteiger partial charge on any atom is 0.335 e. The summed E-state index contributed by atoms with van der Waals surface area (Å²) in [6, 6.07) is 2.70. The number of halogens is 1. The molecule has 6 heteroatoms. The Morgan fingerprint density at radius 2 is 2.05 bits per heavy atom. The second-order valence-electron chi connectivity index (χ2n) is 4.92. The molecule has 0 aliphatic rings. The van der Waals surface area contributed by atoms with Gasteiger partial charge in [-0.2, -0.15) is 0 Å². The first-order valence-electron chi connectivity index (χ1n) is 6.48. The second-order valence-corrected chi connectivity index (χ2v) is 4.92. The summed E-state index contributed by atoms with van der Waals surface area (Å²) in [6.07, 6.45) is 1.83. The number of hydrogen-bond acceptors (Lipinski definition) is 2. The molecule has 5 nitrogen and oxygen atoms in total. The molecule has 20 heavy (non-hydrogen) atoms. The largest absolute Gasteiger partial charge is 0.478 e. The molecule has 0 aromatic heterocycles. The number of benzene rings is 1. The average Bonchev–Trinajstić information content (AvgIpc) is 2.37. The van der Waals surface area contributed by atoms with Crippen molar-refractivity contribution in [1.82, 2.24) is 5.32 Å². The van der Waals surface area contributed by atoms with Crippen LogP contribution in [0.2, 0.25) is 0 Å². The molecule has 0 saturated carbocycles. The molecule has 0 aliphatic heterocycles. The summed E-state index contributed by atoms with van der Waals surface area (Å²) in [5, 5.41) is 13.7. The van der Waals surface area contributed by atoms with Crippen molar-refractivity contribution < 1.29 is 19.1 Å². The van der Waals surface area contributed by atoms with E-state index in [2.05, 4.69) is 24.5 Å². The number of rotatable bonds is 6. The fraction of sp³-hybridized carbons (Fsp3) is 0.429. The van der Waals surface area contributed by atoms with E-state index in [4.69, 9.17) is 5.11 Å². The Morgan fingerprint density at radius 1 is 1.35 bits per heavy atom. The molecule has 1 rings (SSSR count). The van der Waals surface area contributed by atoms with E-state index in [1.807, 2.05) is 0 Å². The molecule has 110 valence electrons. The summed E-state index contributed by atoms with van der Waals surface area (Å²) in [5.74, 6) is -1.29. The quantitative estimate of drug-likeness (QED) is 0.701. The Balaban J connectivity index is 2.53. The zero-order valence-corrected chi connectivity index (χ0v) is 11.6. The minimum absolute atomic E-state index is 0.0819. The van der Waals surface area contributed by atoms with E-state index in [0.29, 0.717) is 12.5 Å². The first-order valence-corrected chi connectivity index (χ1v) is 6.48. The van der Waals surface area contributed by atoms with Gasteiger partial charge in [0, 0.05) is 6.54 Å². The fourth-order valence-corrected chi connectivity index (χ4v) is 1.63. The third-order valence-electron chi connectivity index (χ3n) is 2.71. The zero-order valence-electron chi connectivity index (χ0n) is 11.6. The Labute approximate surface area is 117 Å². The molecule has 0 saturated heterocycles. The Kier molecular flexibility index (Phi) is 5.96. The number of hydrogen-bond donors (Lipinski definition) is 3. The molecule has 0 aliphatic carbocycles. The van der Waals surface area contributed by atoms with Crippen molar-refractivity contribution in [3.63, 3.8) is 0 Å². The number of amides is 2. The van der Waals surface area contributed by atoms with E-state index in [1.54, 1.807) is 0 Å². The van der Waals surface area contributed by atoms with Crippen LogP contribution >= 0.6 is 0 Å². The minimum Gasteiger partial charge on any atom is -0.478 e. The molecule has 3 N–H and O–H groups in total. The van der Waals surface area contributed by atoms with Gasteiger partial charge < -0.3 is 15.7 Å². The van der Waals surface area contributed by atoms with Crippen LogP contribution in [0.25, 0.3) is 0 Å². The van der Waals surface area contributed by atoms with Crippen molar-refractivity contribution in [2.45, 2.75) is 26.7 Å². The second kappa shape index (κ2) is 7.47. The number of carboxylic acids is 1. The first kappa shape index (κ1) is 15.9. The van der Waals surface area contributed by atoms with Gasteiger partial charge in [0.2, 0.25) is 0 Å². The molecular weight excluding hydrogens is 263 g/mol. The highest BCUT2D eigenvalue weighted by Gasteiger charge is 2.10. The SMILES string of the molecule is CC(C)CCCNC(=O)Nc1cc(C(=O)O)ccc1F. The summed E-state index contributed by atoms with van der Waals surface area (Å²) < 4.78 is 13.5. The van der Waals surface area contributed by atoms with Gasteiger partial charge in [-0.05, 0) is 37.0 Å². The lowest BCUT2D eigenvalue weighted by Crippen LogP contribution is -2.30. The van der Waals surface area contributed by atoms with Crippen LogP contribution in [0.1, 0.15) is 37.0 Å². The van der Waals surface area contributed by atoms with E-state index in [-0.39, 0.29) is 11.3 Å². The van der Waals surface area contributed by atoms with Crippen LogP contribution in [-0.2, 0) is 0 Å². The predicted molar refractivity (Wildman–Crippen MR) is 74.5 cm³/mol. The molecule has 0 unspecified atom stereocenters. The molecule has 0 atom stereocenters. The van der Waals surface area contributed by atoms with Crippen molar-refractivity contribution in [3.8, 4) is 0 Å². The van der Waals surface area contributed by atoms with Gasteiger partial charge in [0.25, 0.3) is 0 Å². The summed E-state index contributed by atoms with van der Waals surface area (Å²) >= 11 is 0. The molecule has 0 radical (unpaired) electrons. The minimum atomic E-state index is -1.18. The lowest BCUT2D eigenvalue weighted by Gasteiger charge is -2.09. The molecule has 0 spiro atoms. The molecule has 0 bridgehead atoms. The van der Waals surface area contributed by atoms with Gasteiger partial charge in [0.15, 0.2) is 0 Å². The van der Waals surface area contributed by atoms with Gasteiger partial charge in [0.1, 0.15) is 5.82 Å². The standard InChI is InChI=1S/C14H19FN2O3/c1-9(2)4-3-7-16-14(20)17-12-8-10(13(18)19)5-6-11(12)15/h5-6,8-9H,3-4,7H2,1-2H3,(H,18,19)(H2,16,17,20). The van der Waals surface area contributed by atoms with E-state index >= 15 is 0 Å². The van der Waals surface area contributed by atoms with Crippen LogP contribution < -0.4 is 10.6 Å². The van der Waals surface area contributed by atoms with E-state index < -0.39 is 17.8 Å². The molecule has 0 fully saturated rings. The Bertz CT molecular complexity index is 489. The maximum absolute atomic E-state index is 13.5. The van der Waals surface area contributed by atoms with Gasteiger partial charge in [-0.1, -0.05) is 13.8 Å². The average molecular weight is 282 g/mol. The van der Waals surface area contributed by atoms with Gasteiger partial charge in [-0.25, -0.2) is 14.0 Å². The van der Waals surface area contributed by atoms with Crippen molar-refractivity contribution in [2.75, 3.05) is 11.9 Å². The smallest absolute Gasteiger partial charge is 0.335 e. The van der Waals surface area contributed by atoms with Gasteiger partial charge in [0.05, 0.1) is 11.3 Å².